The average Bonchev–Trinajstić information content (AvgIpc) is 3.03. The molecule has 8 nitrogen and oxygen atoms in total. The molecule has 0 bridgehead atoms. The minimum absolute atomic E-state index is 0.0264. The lowest BCUT2D eigenvalue weighted by atomic mass is 9.97. The molecule has 2 fully saturated rings. The van der Waals surface area contributed by atoms with Crippen LogP contribution >= 0.6 is 0 Å². The van der Waals surface area contributed by atoms with Crippen LogP contribution in [-0.2, 0) is 10.0 Å². The summed E-state index contributed by atoms with van der Waals surface area (Å²) in [6.45, 7) is 2.16. The van der Waals surface area contributed by atoms with E-state index in [4.69, 9.17) is 0 Å². The monoisotopic (exact) mass is 360 g/mol. The van der Waals surface area contributed by atoms with E-state index in [0.29, 0.717) is 5.92 Å². The highest BCUT2D eigenvalue weighted by Crippen LogP contribution is 2.40. The Bertz CT molecular complexity index is 1050. The fraction of sp³-hybridized carbons (Fsp3) is 0.562. The third-order valence-electron chi connectivity index (χ3n) is 5.47. The van der Waals surface area contributed by atoms with Crippen LogP contribution in [0.25, 0.3) is 16.8 Å². The standard InChI is InChI=1S/C16H20N6O2S/c1-9-6-10(21-25(23,24)11-2-3-11)7-12(9)16-20-19-14-8-18-15-13(22(14)16)4-5-17-15/h4-5,8-12,17,21H,2-3,6-7H2,1H3/t9-,10+,12+/m1/s1. The molecular weight excluding hydrogens is 340 g/mol. The Morgan fingerprint density at radius 2 is 2.12 bits per heavy atom. The van der Waals surface area contributed by atoms with E-state index in [9.17, 15) is 8.42 Å². The van der Waals surface area contributed by atoms with Crippen molar-refractivity contribution in [2.45, 2.75) is 49.8 Å². The quantitative estimate of drug-likeness (QED) is 0.735. The average molecular weight is 360 g/mol. The van der Waals surface area contributed by atoms with E-state index in [-0.39, 0.29) is 17.2 Å². The summed E-state index contributed by atoms with van der Waals surface area (Å²) in [5.74, 6) is 1.39. The van der Waals surface area contributed by atoms with E-state index < -0.39 is 10.0 Å². The number of hydrogen-bond donors (Lipinski definition) is 2. The molecule has 0 aromatic carbocycles. The van der Waals surface area contributed by atoms with Gasteiger partial charge in [-0.25, -0.2) is 18.1 Å². The normalized spacial score (nSPS) is 27.5. The van der Waals surface area contributed by atoms with Crippen molar-refractivity contribution in [1.29, 1.82) is 0 Å². The second kappa shape index (κ2) is 5.25. The predicted molar refractivity (Wildman–Crippen MR) is 92.6 cm³/mol. The van der Waals surface area contributed by atoms with Gasteiger partial charge in [0, 0.05) is 18.2 Å². The number of fused-ring (bicyclic) bond motifs is 3. The SMILES string of the molecule is C[C@@H]1C[C@H](NS(=O)(=O)C2CC2)C[C@@H]1c1nnc2cnc3[nH]ccc3n12. The lowest BCUT2D eigenvalue weighted by Crippen LogP contribution is -2.35. The van der Waals surface area contributed by atoms with Gasteiger partial charge in [0.2, 0.25) is 10.0 Å². The molecule has 2 saturated carbocycles. The Morgan fingerprint density at radius 1 is 1.28 bits per heavy atom. The van der Waals surface area contributed by atoms with Crippen LogP contribution in [0.2, 0.25) is 0 Å². The van der Waals surface area contributed by atoms with Gasteiger partial charge in [-0.05, 0) is 37.7 Å². The van der Waals surface area contributed by atoms with Crippen molar-refractivity contribution in [3.63, 3.8) is 0 Å². The van der Waals surface area contributed by atoms with Gasteiger partial charge < -0.3 is 4.98 Å². The highest BCUT2D eigenvalue weighted by Gasteiger charge is 2.41. The van der Waals surface area contributed by atoms with Gasteiger partial charge in [-0.1, -0.05) is 6.92 Å². The molecule has 0 aliphatic heterocycles. The van der Waals surface area contributed by atoms with E-state index >= 15 is 0 Å². The molecule has 132 valence electrons. The number of hydrogen-bond acceptors (Lipinski definition) is 5. The van der Waals surface area contributed by atoms with Crippen LogP contribution < -0.4 is 4.72 Å². The van der Waals surface area contributed by atoms with Gasteiger partial charge in [0.15, 0.2) is 11.3 Å². The third-order valence-corrected chi connectivity index (χ3v) is 7.49. The molecule has 3 aromatic rings. The van der Waals surface area contributed by atoms with E-state index in [1.165, 1.54) is 0 Å². The number of H-pyrrole nitrogens is 1. The number of sulfonamides is 1. The van der Waals surface area contributed by atoms with Gasteiger partial charge in [-0.15, -0.1) is 10.2 Å². The molecule has 2 aliphatic carbocycles. The zero-order valence-electron chi connectivity index (χ0n) is 13.9. The van der Waals surface area contributed by atoms with Gasteiger partial charge in [0.05, 0.1) is 17.0 Å². The first-order chi connectivity index (χ1) is 12.0. The van der Waals surface area contributed by atoms with Gasteiger partial charge in [-0.3, -0.25) is 4.40 Å². The van der Waals surface area contributed by atoms with Crippen LogP contribution in [0.15, 0.2) is 18.5 Å². The molecule has 25 heavy (non-hydrogen) atoms. The van der Waals surface area contributed by atoms with Gasteiger partial charge >= 0.3 is 0 Å². The van der Waals surface area contributed by atoms with E-state index in [1.807, 2.05) is 16.7 Å². The fourth-order valence-electron chi connectivity index (χ4n) is 4.05. The molecule has 0 unspecified atom stereocenters. The van der Waals surface area contributed by atoms with Crippen LogP contribution in [0.1, 0.15) is 44.3 Å². The van der Waals surface area contributed by atoms with Gasteiger partial charge in [0.25, 0.3) is 0 Å². The van der Waals surface area contributed by atoms with Crippen molar-refractivity contribution in [2.75, 3.05) is 0 Å². The number of aromatic amines is 1. The summed E-state index contributed by atoms with van der Waals surface area (Å²) in [6, 6.07) is 1.94. The molecule has 3 heterocycles. The summed E-state index contributed by atoms with van der Waals surface area (Å²) in [4.78, 5) is 7.46. The maximum atomic E-state index is 12.2. The Hall–Kier alpha value is -2.00. The lowest BCUT2D eigenvalue weighted by Gasteiger charge is -2.13. The second-order valence-electron chi connectivity index (χ2n) is 7.34. The molecule has 9 heteroatoms. The molecule has 0 radical (unpaired) electrons. The van der Waals surface area contributed by atoms with Crippen molar-refractivity contribution in [1.82, 2.24) is 29.3 Å². The Labute approximate surface area is 145 Å². The van der Waals surface area contributed by atoms with Crippen LogP contribution in [0.5, 0.6) is 0 Å². The Kier molecular flexibility index (Phi) is 3.21. The maximum absolute atomic E-state index is 12.2. The smallest absolute Gasteiger partial charge is 0.214 e. The number of rotatable bonds is 4. The zero-order chi connectivity index (χ0) is 17.2. The van der Waals surface area contributed by atoms with E-state index in [1.54, 1.807) is 6.20 Å². The molecule has 5 rings (SSSR count). The second-order valence-corrected chi connectivity index (χ2v) is 9.33. The molecule has 2 aliphatic rings. The molecule has 0 saturated heterocycles. The topological polar surface area (TPSA) is 105 Å². The van der Waals surface area contributed by atoms with Crippen LogP contribution in [0, 0.1) is 5.92 Å². The molecule has 3 atom stereocenters. The van der Waals surface area contributed by atoms with Crippen molar-refractivity contribution in [3.05, 3.63) is 24.3 Å². The largest absolute Gasteiger partial charge is 0.345 e. The van der Waals surface area contributed by atoms with Gasteiger partial charge in [-0.2, -0.15) is 0 Å². The Morgan fingerprint density at radius 3 is 2.92 bits per heavy atom. The minimum atomic E-state index is -3.16. The van der Waals surface area contributed by atoms with Crippen LogP contribution in [-0.4, -0.2) is 44.3 Å². The summed E-state index contributed by atoms with van der Waals surface area (Å²) in [5.41, 5.74) is 2.47. The summed E-state index contributed by atoms with van der Waals surface area (Å²) in [5, 5.41) is 8.50. The highest BCUT2D eigenvalue weighted by atomic mass is 32.2. The summed E-state index contributed by atoms with van der Waals surface area (Å²) >= 11 is 0. The predicted octanol–water partition coefficient (Wildman–Crippen LogP) is 1.57. The maximum Gasteiger partial charge on any atom is 0.214 e. The number of nitrogens with zero attached hydrogens (tertiary/aromatic N) is 4. The van der Waals surface area contributed by atoms with Crippen molar-refractivity contribution in [3.8, 4) is 0 Å². The van der Waals surface area contributed by atoms with Crippen molar-refractivity contribution in [2.24, 2.45) is 5.92 Å². The summed E-state index contributed by atoms with van der Waals surface area (Å²) < 4.78 is 29.4. The fourth-order valence-corrected chi connectivity index (χ4v) is 5.66. The first-order valence-electron chi connectivity index (χ1n) is 8.71. The molecule has 0 spiro atoms. The minimum Gasteiger partial charge on any atom is -0.345 e. The number of aromatic nitrogens is 5. The summed E-state index contributed by atoms with van der Waals surface area (Å²) in [7, 11) is -3.16. The molecule has 0 amide bonds. The van der Waals surface area contributed by atoms with Gasteiger partial charge in [0.1, 0.15) is 5.82 Å². The Balaban J connectivity index is 1.49. The van der Waals surface area contributed by atoms with Crippen molar-refractivity contribution < 1.29 is 8.42 Å². The third kappa shape index (κ3) is 2.44. The first-order valence-corrected chi connectivity index (χ1v) is 10.3. The zero-order valence-corrected chi connectivity index (χ0v) is 14.7. The van der Waals surface area contributed by atoms with Crippen molar-refractivity contribution >= 4 is 26.8 Å². The highest BCUT2D eigenvalue weighted by molar-refractivity contribution is 7.90. The molecule has 3 aromatic heterocycles. The van der Waals surface area contributed by atoms with E-state index in [2.05, 4.69) is 31.8 Å². The van der Waals surface area contributed by atoms with Crippen LogP contribution in [0.3, 0.4) is 0 Å². The number of nitrogens with one attached hydrogen (secondary N) is 2. The summed E-state index contributed by atoms with van der Waals surface area (Å²) in [6.07, 6.45) is 6.71. The molecular formula is C16H20N6O2S. The first kappa shape index (κ1) is 15.3. The van der Waals surface area contributed by atoms with E-state index in [0.717, 1.165) is 48.3 Å². The van der Waals surface area contributed by atoms with Crippen LogP contribution in [0.4, 0.5) is 0 Å². The molecule has 2 N–H and O–H groups in total. The lowest BCUT2D eigenvalue weighted by molar-refractivity contribution is 0.505.